The lowest BCUT2D eigenvalue weighted by Crippen LogP contribution is -2.67. The number of aliphatic hydroxyl groups excluding tert-OH is 6. The van der Waals surface area contributed by atoms with E-state index in [-0.39, 0.29) is 0 Å². The second kappa shape index (κ2) is 44.2. The Hall–Kier alpha value is -3.49. The van der Waals surface area contributed by atoms with Crippen LogP contribution in [-0.4, -0.2) is 128 Å². The van der Waals surface area contributed by atoms with Crippen LogP contribution in [0.25, 0.3) is 0 Å². The summed E-state index contributed by atoms with van der Waals surface area (Å²) in [6, 6.07) is -1.77. The molecule has 0 radical (unpaired) electrons. The molecule has 508 valence electrons. The summed E-state index contributed by atoms with van der Waals surface area (Å²) < 4.78 is 56.6. The van der Waals surface area contributed by atoms with E-state index in [2.05, 4.69) is 147 Å². The Morgan fingerprint density at radius 3 is 1.04 bits per heavy atom. The van der Waals surface area contributed by atoms with Crippen LogP contribution >= 0.6 is 15.6 Å². The fourth-order valence-corrected chi connectivity index (χ4v) is 12.2. The number of amides is 1. The molecule has 2 saturated heterocycles. The molecule has 1 amide bonds. The molecule has 18 nitrogen and oxygen atoms in total. The molecule has 2 rings (SSSR count). The molecule has 0 saturated carbocycles. The normalized spacial score (nSPS) is 25.7. The number of phosphoric acid groups is 2. The van der Waals surface area contributed by atoms with Gasteiger partial charge in [0.1, 0.15) is 48.8 Å². The van der Waals surface area contributed by atoms with Crippen LogP contribution in [-0.2, 0) is 41.5 Å². The standard InChI is InChI=1S/C69H115NO17P2/c1-48(2)24-14-25-49(3)26-15-27-50(4)28-16-29-51(5)30-17-31-52(6)32-18-33-53(7)34-19-35-54(8)36-20-37-55(9)38-21-39-56(10)40-22-41-57(11)42-23-43-58(12)44-45-82-88(78,79)87-89(80,81)86-68-62(70-59(13)73)64(75)67(61(47-72)84-68)85-69-66(77)65(76)63(74)60(46-71)83-69/h24,26,28,30,32,34,36,38,40,42,44,60-69,71-72,74-77H,14-23,25,27,29,31,33,35,37,39,41,43,45-47H2,1-13H3,(H,70,73)(H,78,79)(H,80,81). The molecule has 0 bridgehead atoms. The fourth-order valence-electron chi connectivity index (χ4n) is 10.2. The maximum Gasteiger partial charge on any atom is 0.483 e. The van der Waals surface area contributed by atoms with E-state index in [1.807, 2.05) is 0 Å². The highest BCUT2D eigenvalue weighted by Crippen LogP contribution is 2.61. The number of phosphoric ester groups is 2. The molecule has 20 heteroatoms. The minimum atomic E-state index is -5.60. The lowest BCUT2D eigenvalue weighted by Gasteiger charge is -2.47. The maximum absolute atomic E-state index is 13.0. The molecule has 0 aromatic rings. The number of carbonyl (C=O) groups excluding carboxylic acids is 1. The highest BCUT2D eigenvalue weighted by molar-refractivity contribution is 7.61. The first-order valence-corrected chi connectivity index (χ1v) is 35.0. The first-order chi connectivity index (χ1) is 42.0. The van der Waals surface area contributed by atoms with Crippen LogP contribution in [0.15, 0.2) is 128 Å². The number of rotatable bonds is 42. The van der Waals surface area contributed by atoms with Crippen molar-refractivity contribution in [1.29, 1.82) is 0 Å². The molecule has 12 atom stereocenters. The number of aliphatic hydroxyl groups is 6. The summed E-state index contributed by atoms with van der Waals surface area (Å²) in [7, 11) is -10.9. The Bertz CT molecular complexity index is 2590. The lowest BCUT2D eigenvalue weighted by atomic mass is 9.95. The van der Waals surface area contributed by atoms with Crippen molar-refractivity contribution >= 4 is 21.6 Å². The van der Waals surface area contributed by atoms with Gasteiger partial charge in [-0.1, -0.05) is 128 Å². The van der Waals surface area contributed by atoms with Gasteiger partial charge in [-0.05, 0) is 212 Å². The summed E-state index contributed by atoms with van der Waals surface area (Å²) in [6.45, 7) is 25.0. The molecule has 2 fully saturated rings. The van der Waals surface area contributed by atoms with Crippen LogP contribution in [0.3, 0.4) is 0 Å². The average Bonchev–Trinajstić information content (AvgIpc) is 0.975. The molecule has 0 aliphatic carbocycles. The average molecular weight is 1290 g/mol. The van der Waals surface area contributed by atoms with Crippen molar-refractivity contribution in [1.82, 2.24) is 5.32 Å². The molecule has 0 aromatic carbocycles. The topological polar surface area (TPSA) is 280 Å². The predicted octanol–water partition coefficient (Wildman–Crippen LogP) is 14.2. The van der Waals surface area contributed by atoms with Crippen LogP contribution in [0.5, 0.6) is 0 Å². The van der Waals surface area contributed by atoms with Gasteiger partial charge in [-0.3, -0.25) is 13.8 Å². The van der Waals surface area contributed by atoms with E-state index in [0.717, 1.165) is 128 Å². The molecule has 2 heterocycles. The summed E-state index contributed by atoms with van der Waals surface area (Å²) in [5.41, 5.74) is 15.1. The summed E-state index contributed by atoms with van der Waals surface area (Å²) in [4.78, 5) is 32.9. The summed E-state index contributed by atoms with van der Waals surface area (Å²) in [5.74, 6) is -0.810. The SMILES string of the molecule is CC(=O)NC1C(OP(=O)(O)OP(=O)(O)OCC=C(C)CCC=C(C)CCC=C(C)CCC=C(C)CCC=C(C)CCC=C(C)CCC=C(C)CCC=C(C)CCC=C(C)CCC=C(C)CCC=C(C)C)OC(CO)C(OC2OC(CO)C(O)C(O)C2O)C1O. The van der Waals surface area contributed by atoms with Gasteiger partial charge in [0.25, 0.3) is 0 Å². The minimum absolute atomic E-state index is 0.471. The first kappa shape index (κ1) is 81.6. The minimum Gasteiger partial charge on any atom is -0.394 e. The highest BCUT2D eigenvalue weighted by Gasteiger charge is 2.53. The molecule has 12 unspecified atom stereocenters. The van der Waals surface area contributed by atoms with E-state index < -0.39 is 103 Å². The Labute approximate surface area is 534 Å². The van der Waals surface area contributed by atoms with Crippen LogP contribution in [0, 0.1) is 0 Å². The van der Waals surface area contributed by atoms with Gasteiger partial charge in [0, 0.05) is 6.92 Å². The zero-order valence-electron chi connectivity index (χ0n) is 56.0. The van der Waals surface area contributed by atoms with Gasteiger partial charge in [0.05, 0.1) is 19.8 Å². The predicted molar refractivity (Wildman–Crippen MR) is 355 cm³/mol. The van der Waals surface area contributed by atoms with E-state index in [9.17, 15) is 54.4 Å². The third-order valence-corrected chi connectivity index (χ3v) is 18.5. The van der Waals surface area contributed by atoms with Crippen LogP contribution in [0.2, 0.25) is 0 Å². The van der Waals surface area contributed by atoms with Crippen LogP contribution in [0.4, 0.5) is 0 Å². The third-order valence-electron chi connectivity index (χ3n) is 15.9. The van der Waals surface area contributed by atoms with Gasteiger partial charge >= 0.3 is 15.6 Å². The molecule has 2 aliphatic heterocycles. The Morgan fingerprint density at radius 1 is 0.416 bits per heavy atom. The molecule has 89 heavy (non-hydrogen) atoms. The molecule has 0 spiro atoms. The summed E-state index contributed by atoms with van der Waals surface area (Å²) in [5, 5.41) is 63.8. The van der Waals surface area contributed by atoms with E-state index in [1.165, 1.54) is 61.8 Å². The Morgan fingerprint density at radius 2 is 0.730 bits per heavy atom. The fraction of sp³-hybridized carbons (Fsp3) is 0.667. The van der Waals surface area contributed by atoms with E-state index in [4.69, 9.17) is 23.3 Å². The number of hydrogen-bond donors (Lipinski definition) is 9. The van der Waals surface area contributed by atoms with E-state index in [0.29, 0.717) is 12.8 Å². The number of carbonyl (C=O) groups is 1. The van der Waals surface area contributed by atoms with Gasteiger partial charge in [-0.15, -0.1) is 0 Å². The molecular formula is C69H115NO17P2. The van der Waals surface area contributed by atoms with Crippen molar-refractivity contribution in [3.8, 4) is 0 Å². The Balaban J connectivity index is 1.68. The monoisotopic (exact) mass is 1290 g/mol. The Kier molecular flexibility index (Phi) is 40.5. The van der Waals surface area contributed by atoms with E-state index >= 15 is 0 Å². The van der Waals surface area contributed by atoms with Gasteiger partial charge in [0.2, 0.25) is 5.91 Å². The van der Waals surface area contributed by atoms with Crippen molar-refractivity contribution < 1.29 is 81.9 Å². The number of nitrogens with one attached hydrogen (secondary N) is 1. The summed E-state index contributed by atoms with van der Waals surface area (Å²) in [6.07, 6.45) is 29.9. The zero-order valence-corrected chi connectivity index (χ0v) is 57.8. The zero-order chi connectivity index (χ0) is 66.7. The van der Waals surface area contributed by atoms with Gasteiger partial charge in [0.15, 0.2) is 12.6 Å². The van der Waals surface area contributed by atoms with Crippen molar-refractivity contribution in [3.05, 3.63) is 128 Å². The molecular weight excluding hydrogens is 1180 g/mol. The summed E-state index contributed by atoms with van der Waals surface area (Å²) >= 11 is 0. The third kappa shape index (κ3) is 35.9. The maximum atomic E-state index is 13.0. The molecule has 9 N–H and O–H groups in total. The van der Waals surface area contributed by atoms with Crippen LogP contribution in [0.1, 0.15) is 218 Å². The van der Waals surface area contributed by atoms with Gasteiger partial charge in [-0.2, -0.15) is 4.31 Å². The molecule has 0 aromatic heterocycles. The second-order valence-corrected chi connectivity index (χ2v) is 27.8. The highest BCUT2D eigenvalue weighted by atomic mass is 31.3. The van der Waals surface area contributed by atoms with Crippen molar-refractivity contribution in [2.24, 2.45) is 0 Å². The quantitative estimate of drug-likeness (QED) is 0.0203. The van der Waals surface area contributed by atoms with Gasteiger partial charge in [-0.25, -0.2) is 9.13 Å². The molecule has 2 aliphatic rings. The second-order valence-electron chi connectivity index (χ2n) is 24.8. The number of hydrogen-bond acceptors (Lipinski definition) is 15. The first-order valence-electron chi connectivity index (χ1n) is 32.0. The smallest absolute Gasteiger partial charge is 0.394 e. The largest absolute Gasteiger partial charge is 0.483 e. The van der Waals surface area contributed by atoms with Crippen molar-refractivity contribution in [2.45, 2.75) is 280 Å². The van der Waals surface area contributed by atoms with E-state index in [1.54, 1.807) is 6.92 Å². The van der Waals surface area contributed by atoms with Gasteiger partial charge < -0.3 is 60.0 Å². The number of allylic oxidation sites excluding steroid dienone is 21. The number of ether oxygens (including phenoxy) is 3. The lowest BCUT2D eigenvalue weighted by molar-refractivity contribution is -0.344. The van der Waals surface area contributed by atoms with Crippen molar-refractivity contribution in [3.63, 3.8) is 0 Å². The van der Waals surface area contributed by atoms with Crippen LogP contribution < -0.4 is 5.32 Å². The van der Waals surface area contributed by atoms with Crippen molar-refractivity contribution in [2.75, 3.05) is 19.8 Å².